The number of hydrogen-bond donors (Lipinski definition) is 1. The van der Waals surface area contributed by atoms with Crippen molar-refractivity contribution in [2.45, 2.75) is 0 Å². The molecular weight excluding hydrogens is 342 g/mol. The van der Waals surface area contributed by atoms with Crippen molar-refractivity contribution in [2.24, 2.45) is 0 Å². The Morgan fingerprint density at radius 2 is 1.85 bits per heavy atom. The average molecular weight is 351 g/mol. The Hall–Kier alpha value is -1.85. The van der Waals surface area contributed by atoms with E-state index in [-0.39, 0.29) is 0 Å². The zero-order valence-electron chi connectivity index (χ0n) is 10.2. The van der Waals surface area contributed by atoms with Crippen molar-refractivity contribution in [3.63, 3.8) is 0 Å². The van der Waals surface area contributed by atoms with Gasteiger partial charge >= 0.3 is 0 Å². The molecule has 20 heavy (non-hydrogen) atoms. The van der Waals surface area contributed by atoms with Crippen LogP contribution in [0.3, 0.4) is 0 Å². The standard InChI is InChI=1S/C14H9BrClN3O/c15-10-5-9(6-11(16)7-10)13-12(14(17)19-20-13)8-1-3-18-4-2-8/h1-7H,(H2,17,19). The van der Waals surface area contributed by atoms with Crippen molar-refractivity contribution >= 4 is 33.3 Å². The molecule has 0 amide bonds. The quantitative estimate of drug-likeness (QED) is 0.744. The van der Waals surface area contributed by atoms with Crippen LogP contribution in [-0.2, 0) is 0 Å². The summed E-state index contributed by atoms with van der Waals surface area (Å²) in [4.78, 5) is 4.00. The molecule has 0 saturated heterocycles. The molecule has 1 aromatic carbocycles. The summed E-state index contributed by atoms with van der Waals surface area (Å²) in [5.41, 5.74) is 8.35. The highest BCUT2D eigenvalue weighted by atomic mass is 79.9. The van der Waals surface area contributed by atoms with Gasteiger partial charge in [-0.15, -0.1) is 0 Å². The largest absolute Gasteiger partial charge is 0.380 e. The summed E-state index contributed by atoms with van der Waals surface area (Å²) < 4.78 is 6.23. The molecule has 0 radical (unpaired) electrons. The minimum absolute atomic E-state index is 0.335. The predicted molar refractivity (Wildman–Crippen MR) is 82.3 cm³/mol. The van der Waals surface area contributed by atoms with Crippen LogP contribution in [0.15, 0.2) is 51.7 Å². The lowest BCUT2D eigenvalue weighted by molar-refractivity contribution is 0.436. The number of hydrogen-bond acceptors (Lipinski definition) is 4. The van der Waals surface area contributed by atoms with E-state index in [0.717, 1.165) is 21.2 Å². The lowest BCUT2D eigenvalue weighted by atomic mass is 10.0. The number of benzene rings is 1. The summed E-state index contributed by atoms with van der Waals surface area (Å²) in [5, 5.41) is 4.45. The lowest BCUT2D eigenvalue weighted by Crippen LogP contribution is -1.89. The van der Waals surface area contributed by atoms with Crippen LogP contribution in [0.2, 0.25) is 5.02 Å². The van der Waals surface area contributed by atoms with Gasteiger partial charge in [0.25, 0.3) is 0 Å². The van der Waals surface area contributed by atoms with Crippen LogP contribution in [0.4, 0.5) is 5.82 Å². The van der Waals surface area contributed by atoms with Crippen LogP contribution in [0.25, 0.3) is 22.5 Å². The first-order valence-electron chi connectivity index (χ1n) is 5.77. The Labute approximate surface area is 128 Å². The summed E-state index contributed by atoms with van der Waals surface area (Å²) in [5.74, 6) is 0.916. The number of pyridine rings is 1. The maximum Gasteiger partial charge on any atom is 0.177 e. The highest BCUT2D eigenvalue weighted by Crippen LogP contribution is 2.38. The van der Waals surface area contributed by atoms with Gasteiger partial charge in [0, 0.05) is 27.5 Å². The van der Waals surface area contributed by atoms with Gasteiger partial charge < -0.3 is 10.3 Å². The fourth-order valence-electron chi connectivity index (χ4n) is 1.98. The van der Waals surface area contributed by atoms with Crippen LogP contribution in [0.1, 0.15) is 0 Å². The van der Waals surface area contributed by atoms with Crippen LogP contribution in [0.5, 0.6) is 0 Å². The van der Waals surface area contributed by atoms with Crippen molar-refractivity contribution in [3.8, 4) is 22.5 Å². The number of nitrogens with zero attached hydrogens (tertiary/aromatic N) is 2. The third kappa shape index (κ3) is 2.42. The molecule has 0 atom stereocenters. The van der Waals surface area contributed by atoms with Crippen molar-refractivity contribution < 1.29 is 4.52 Å². The summed E-state index contributed by atoms with van der Waals surface area (Å²) in [6.45, 7) is 0. The van der Waals surface area contributed by atoms with Crippen LogP contribution in [0, 0.1) is 0 Å². The van der Waals surface area contributed by atoms with E-state index in [9.17, 15) is 0 Å². The summed E-state index contributed by atoms with van der Waals surface area (Å²) in [7, 11) is 0. The van der Waals surface area contributed by atoms with Crippen LogP contribution < -0.4 is 5.73 Å². The fraction of sp³-hybridized carbons (Fsp3) is 0. The number of rotatable bonds is 2. The molecule has 0 aliphatic rings. The Morgan fingerprint density at radius 3 is 2.55 bits per heavy atom. The molecular formula is C14H9BrClN3O. The van der Waals surface area contributed by atoms with E-state index in [4.69, 9.17) is 21.9 Å². The minimum atomic E-state index is 0.335. The van der Waals surface area contributed by atoms with E-state index < -0.39 is 0 Å². The molecule has 2 heterocycles. The Balaban J connectivity index is 2.21. The highest BCUT2D eigenvalue weighted by molar-refractivity contribution is 9.10. The lowest BCUT2D eigenvalue weighted by Gasteiger charge is -2.04. The Bertz CT molecular complexity index is 738. The molecule has 0 bridgehead atoms. The van der Waals surface area contributed by atoms with E-state index in [2.05, 4.69) is 26.1 Å². The van der Waals surface area contributed by atoms with Gasteiger partial charge in [-0.3, -0.25) is 4.98 Å². The highest BCUT2D eigenvalue weighted by Gasteiger charge is 2.18. The molecule has 2 aromatic heterocycles. The first kappa shape index (κ1) is 13.1. The second-order valence-electron chi connectivity index (χ2n) is 4.17. The molecule has 4 nitrogen and oxygen atoms in total. The van der Waals surface area contributed by atoms with Crippen molar-refractivity contribution in [1.82, 2.24) is 10.1 Å². The van der Waals surface area contributed by atoms with E-state index in [0.29, 0.717) is 16.6 Å². The topological polar surface area (TPSA) is 64.9 Å². The second-order valence-corrected chi connectivity index (χ2v) is 5.52. The molecule has 0 spiro atoms. The van der Waals surface area contributed by atoms with E-state index in [1.54, 1.807) is 24.5 Å². The zero-order chi connectivity index (χ0) is 14.1. The smallest absolute Gasteiger partial charge is 0.177 e. The number of anilines is 1. The molecule has 0 saturated carbocycles. The van der Waals surface area contributed by atoms with E-state index in [1.165, 1.54) is 0 Å². The van der Waals surface area contributed by atoms with Gasteiger partial charge in [-0.05, 0) is 35.9 Å². The van der Waals surface area contributed by atoms with Crippen LogP contribution >= 0.6 is 27.5 Å². The number of aromatic nitrogens is 2. The minimum Gasteiger partial charge on any atom is -0.380 e. The third-order valence-corrected chi connectivity index (χ3v) is 3.49. The van der Waals surface area contributed by atoms with Crippen molar-refractivity contribution in [1.29, 1.82) is 0 Å². The fourth-order valence-corrected chi connectivity index (χ4v) is 2.84. The zero-order valence-corrected chi connectivity index (χ0v) is 12.5. The monoisotopic (exact) mass is 349 g/mol. The molecule has 0 aliphatic carbocycles. The number of nitrogens with two attached hydrogens (primary N) is 1. The maximum absolute atomic E-state index is 6.07. The number of halogens is 2. The Morgan fingerprint density at radius 1 is 1.10 bits per heavy atom. The molecule has 2 N–H and O–H groups in total. The molecule has 6 heteroatoms. The van der Waals surface area contributed by atoms with Gasteiger partial charge in [0.1, 0.15) is 0 Å². The molecule has 0 unspecified atom stereocenters. The van der Waals surface area contributed by atoms with Gasteiger partial charge in [-0.25, -0.2) is 0 Å². The van der Waals surface area contributed by atoms with E-state index in [1.807, 2.05) is 18.2 Å². The summed E-state index contributed by atoms with van der Waals surface area (Å²) in [6, 6.07) is 9.21. The Kier molecular flexibility index (Phi) is 3.46. The SMILES string of the molecule is Nc1noc(-c2cc(Cl)cc(Br)c2)c1-c1ccncc1. The molecule has 100 valence electrons. The van der Waals surface area contributed by atoms with Crippen LogP contribution in [-0.4, -0.2) is 10.1 Å². The van der Waals surface area contributed by atoms with Gasteiger partial charge in [0.05, 0.1) is 5.56 Å². The second kappa shape index (κ2) is 5.26. The van der Waals surface area contributed by atoms with Gasteiger partial charge in [0.15, 0.2) is 11.6 Å². The van der Waals surface area contributed by atoms with Crippen molar-refractivity contribution in [2.75, 3.05) is 5.73 Å². The maximum atomic E-state index is 6.07. The molecule has 0 fully saturated rings. The summed E-state index contributed by atoms with van der Waals surface area (Å²) >= 11 is 9.48. The normalized spacial score (nSPS) is 10.7. The van der Waals surface area contributed by atoms with Gasteiger partial charge in [-0.2, -0.15) is 0 Å². The first-order valence-corrected chi connectivity index (χ1v) is 6.94. The summed E-state index contributed by atoms with van der Waals surface area (Å²) in [6.07, 6.45) is 3.39. The molecule has 3 rings (SSSR count). The third-order valence-electron chi connectivity index (χ3n) is 2.81. The number of nitrogen functional groups attached to an aromatic ring is 1. The molecule has 0 aliphatic heterocycles. The average Bonchev–Trinajstić information content (AvgIpc) is 2.80. The van der Waals surface area contributed by atoms with Gasteiger partial charge in [-0.1, -0.05) is 32.7 Å². The van der Waals surface area contributed by atoms with Gasteiger partial charge in [0.2, 0.25) is 0 Å². The van der Waals surface area contributed by atoms with E-state index >= 15 is 0 Å². The first-order chi connectivity index (χ1) is 9.65. The molecule has 3 aromatic rings. The van der Waals surface area contributed by atoms with Crippen molar-refractivity contribution in [3.05, 3.63) is 52.2 Å². The predicted octanol–water partition coefficient (Wildman–Crippen LogP) is 4.40.